The zero-order chi connectivity index (χ0) is 20.5. The van der Waals surface area contributed by atoms with Gasteiger partial charge in [0.05, 0.1) is 26.9 Å². The number of nitrogens with one attached hydrogen (secondary N) is 1. The van der Waals surface area contributed by atoms with Crippen molar-refractivity contribution in [2.75, 3.05) is 20.8 Å². The van der Waals surface area contributed by atoms with E-state index in [1.54, 1.807) is 14.2 Å². The van der Waals surface area contributed by atoms with E-state index in [0.29, 0.717) is 25.2 Å². The molecule has 0 aromatic heterocycles. The van der Waals surface area contributed by atoms with Crippen molar-refractivity contribution < 1.29 is 14.2 Å². The van der Waals surface area contributed by atoms with Crippen LogP contribution < -0.4 is 25.3 Å². The lowest BCUT2D eigenvalue weighted by molar-refractivity contribution is 0.208. The summed E-state index contributed by atoms with van der Waals surface area (Å²) < 4.78 is 16.8. The number of rotatable bonds is 9. The van der Waals surface area contributed by atoms with Gasteiger partial charge in [-0.25, -0.2) is 4.99 Å². The van der Waals surface area contributed by atoms with E-state index < -0.39 is 0 Å². The molecule has 0 aliphatic heterocycles. The molecule has 1 aliphatic carbocycles. The Morgan fingerprint density at radius 1 is 1.03 bits per heavy atom. The van der Waals surface area contributed by atoms with Gasteiger partial charge in [0.1, 0.15) is 5.75 Å². The molecule has 0 radical (unpaired) electrons. The molecule has 2 aromatic carbocycles. The molecule has 0 bridgehead atoms. The van der Waals surface area contributed by atoms with E-state index in [1.807, 2.05) is 42.5 Å². The minimum atomic E-state index is 0. The first-order valence-corrected chi connectivity index (χ1v) is 10.2. The van der Waals surface area contributed by atoms with E-state index in [-0.39, 0.29) is 24.0 Å². The number of guanidine groups is 1. The number of aliphatic imine (C=N–C) groups is 1. The summed E-state index contributed by atoms with van der Waals surface area (Å²) in [5, 5.41) is 3.17. The number of ether oxygens (including phenoxy) is 3. The molecule has 0 saturated heterocycles. The topological polar surface area (TPSA) is 78.1 Å². The van der Waals surface area contributed by atoms with Gasteiger partial charge in [-0.15, -0.1) is 24.0 Å². The van der Waals surface area contributed by atoms with Crippen molar-refractivity contribution in [1.82, 2.24) is 5.32 Å². The van der Waals surface area contributed by atoms with Gasteiger partial charge >= 0.3 is 0 Å². The molecular weight excluding hydrogens is 493 g/mol. The summed E-state index contributed by atoms with van der Waals surface area (Å²) in [7, 11) is 3.27. The quantitative estimate of drug-likeness (QED) is 0.290. The molecule has 0 spiro atoms. The van der Waals surface area contributed by atoms with E-state index in [1.165, 1.54) is 12.8 Å². The lowest BCUT2D eigenvalue weighted by Gasteiger charge is -2.16. The second-order valence-electron chi connectivity index (χ2n) is 7.20. The standard InChI is InChI=1S/C23H31N3O3.HI/c1-27-21-12-11-17(15-22(21)28-2)13-14-25-23(24)26-16-18-7-3-6-10-20(18)29-19-8-4-5-9-19;/h3,6-7,10-12,15,19H,4-5,8-9,13-14,16H2,1-2H3,(H3,24,25,26);1H. The lowest BCUT2D eigenvalue weighted by Crippen LogP contribution is -2.33. The summed E-state index contributed by atoms with van der Waals surface area (Å²) in [6, 6.07) is 14.0. The van der Waals surface area contributed by atoms with Crippen LogP contribution in [0.25, 0.3) is 0 Å². The van der Waals surface area contributed by atoms with E-state index in [2.05, 4.69) is 10.3 Å². The SMILES string of the molecule is COc1ccc(CCNC(N)=NCc2ccccc2OC2CCCC2)cc1OC.I. The predicted octanol–water partition coefficient (Wildman–Crippen LogP) is 4.29. The van der Waals surface area contributed by atoms with Gasteiger partial charge in [-0.3, -0.25) is 0 Å². The Labute approximate surface area is 196 Å². The van der Waals surface area contributed by atoms with Gasteiger partial charge < -0.3 is 25.3 Å². The van der Waals surface area contributed by atoms with Gasteiger partial charge in [0.2, 0.25) is 0 Å². The van der Waals surface area contributed by atoms with E-state index in [4.69, 9.17) is 19.9 Å². The highest BCUT2D eigenvalue weighted by atomic mass is 127. The van der Waals surface area contributed by atoms with Gasteiger partial charge in [-0.1, -0.05) is 24.3 Å². The average molecular weight is 525 g/mol. The summed E-state index contributed by atoms with van der Waals surface area (Å²) in [5.74, 6) is 2.80. The molecule has 1 aliphatic rings. The number of hydrogen-bond donors (Lipinski definition) is 2. The van der Waals surface area contributed by atoms with E-state index in [9.17, 15) is 0 Å². The van der Waals surface area contributed by atoms with Crippen molar-refractivity contribution in [3.63, 3.8) is 0 Å². The van der Waals surface area contributed by atoms with Crippen molar-refractivity contribution in [3.05, 3.63) is 53.6 Å². The normalized spacial score (nSPS) is 14.1. The molecule has 0 atom stereocenters. The largest absolute Gasteiger partial charge is 0.493 e. The minimum Gasteiger partial charge on any atom is -0.493 e. The number of halogens is 1. The molecule has 164 valence electrons. The summed E-state index contributed by atoms with van der Waals surface area (Å²) in [6.07, 6.45) is 5.91. The van der Waals surface area contributed by atoms with Gasteiger partial charge in [-0.2, -0.15) is 0 Å². The summed E-state index contributed by atoms with van der Waals surface area (Å²) >= 11 is 0. The third kappa shape index (κ3) is 6.97. The summed E-state index contributed by atoms with van der Waals surface area (Å²) in [4.78, 5) is 4.48. The highest BCUT2D eigenvalue weighted by molar-refractivity contribution is 14.0. The second kappa shape index (κ2) is 12.5. The Morgan fingerprint density at radius 3 is 2.50 bits per heavy atom. The van der Waals surface area contributed by atoms with Crippen molar-refractivity contribution in [2.45, 2.75) is 44.8 Å². The average Bonchev–Trinajstić information content (AvgIpc) is 3.26. The third-order valence-electron chi connectivity index (χ3n) is 5.16. The number of hydrogen-bond acceptors (Lipinski definition) is 4. The van der Waals surface area contributed by atoms with Gasteiger partial charge in [0.25, 0.3) is 0 Å². The lowest BCUT2D eigenvalue weighted by atomic mass is 10.1. The van der Waals surface area contributed by atoms with E-state index in [0.717, 1.165) is 47.6 Å². The van der Waals surface area contributed by atoms with Crippen LogP contribution >= 0.6 is 24.0 Å². The monoisotopic (exact) mass is 525 g/mol. The molecule has 3 N–H and O–H groups in total. The van der Waals surface area contributed by atoms with Crippen LogP contribution in [0, 0.1) is 0 Å². The Kier molecular flexibility index (Phi) is 10.1. The van der Waals surface area contributed by atoms with Gasteiger partial charge in [0, 0.05) is 12.1 Å². The molecular formula is C23H32IN3O3. The highest BCUT2D eigenvalue weighted by Crippen LogP contribution is 2.28. The number of nitrogens with zero attached hydrogens (tertiary/aromatic N) is 1. The van der Waals surface area contributed by atoms with Crippen molar-refractivity contribution in [2.24, 2.45) is 10.7 Å². The second-order valence-corrected chi connectivity index (χ2v) is 7.20. The maximum atomic E-state index is 6.17. The maximum absolute atomic E-state index is 6.17. The number of benzene rings is 2. The van der Waals surface area contributed by atoms with Crippen LogP contribution in [0.4, 0.5) is 0 Å². The van der Waals surface area contributed by atoms with Crippen LogP contribution in [0.3, 0.4) is 0 Å². The number of para-hydroxylation sites is 1. The predicted molar refractivity (Wildman–Crippen MR) is 131 cm³/mol. The third-order valence-corrected chi connectivity index (χ3v) is 5.16. The Morgan fingerprint density at radius 2 is 1.77 bits per heavy atom. The molecule has 0 amide bonds. The molecule has 0 heterocycles. The van der Waals surface area contributed by atoms with E-state index >= 15 is 0 Å². The highest BCUT2D eigenvalue weighted by Gasteiger charge is 2.17. The smallest absolute Gasteiger partial charge is 0.188 e. The van der Waals surface area contributed by atoms with Crippen LogP contribution in [-0.4, -0.2) is 32.8 Å². The number of methoxy groups -OCH3 is 2. The van der Waals surface area contributed by atoms with Gasteiger partial charge in [-0.05, 0) is 55.9 Å². The van der Waals surface area contributed by atoms with Crippen LogP contribution in [0.1, 0.15) is 36.8 Å². The molecule has 3 rings (SSSR count). The first-order valence-electron chi connectivity index (χ1n) is 10.2. The molecule has 7 heteroatoms. The van der Waals surface area contributed by atoms with Crippen LogP contribution in [0.5, 0.6) is 17.2 Å². The summed E-state index contributed by atoms with van der Waals surface area (Å²) in [6.45, 7) is 1.18. The van der Waals surface area contributed by atoms with Crippen molar-refractivity contribution in [1.29, 1.82) is 0 Å². The summed E-state index contributed by atoms with van der Waals surface area (Å²) in [5.41, 5.74) is 8.25. The van der Waals surface area contributed by atoms with Crippen LogP contribution in [0.2, 0.25) is 0 Å². The molecule has 1 saturated carbocycles. The van der Waals surface area contributed by atoms with Crippen LogP contribution in [-0.2, 0) is 13.0 Å². The number of nitrogens with two attached hydrogens (primary N) is 1. The molecule has 30 heavy (non-hydrogen) atoms. The first kappa shape index (κ1) is 24.1. The fraction of sp³-hybridized carbons (Fsp3) is 0.435. The fourth-order valence-corrected chi connectivity index (χ4v) is 3.53. The molecule has 6 nitrogen and oxygen atoms in total. The Bertz CT molecular complexity index is 823. The Balaban J connectivity index is 0.00000320. The fourth-order valence-electron chi connectivity index (χ4n) is 3.53. The Hall–Kier alpha value is -2.16. The zero-order valence-electron chi connectivity index (χ0n) is 17.7. The first-order chi connectivity index (χ1) is 14.2. The van der Waals surface area contributed by atoms with Crippen molar-refractivity contribution >= 4 is 29.9 Å². The van der Waals surface area contributed by atoms with Crippen molar-refractivity contribution in [3.8, 4) is 17.2 Å². The zero-order valence-corrected chi connectivity index (χ0v) is 20.1. The molecule has 2 aromatic rings. The van der Waals surface area contributed by atoms with Gasteiger partial charge in [0.15, 0.2) is 17.5 Å². The molecule has 0 unspecified atom stereocenters. The van der Waals surface area contributed by atoms with Crippen LogP contribution in [0.15, 0.2) is 47.5 Å². The minimum absolute atomic E-state index is 0. The molecule has 1 fully saturated rings. The maximum Gasteiger partial charge on any atom is 0.188 e.